The van der Waals surface area contributed by atoms with Gasteiger partial charge in [-0.15, -0.1) is 0 Å². The van der Waals surface area contributed by atoms with Crippen LogP contribution in [0.25, 0.3) is 21.7 Å². The molecule has 3 aromatic rings. The van der Waals surface area contributed by atoms with Crippen LogP contribution in [0.3, 0.4) is 0 Å². The Balaban J connectivity index is 2.60. The van der Waals surface area contributed by atoms with E-state index in [-0.39, 0.29) is 0 Å². The summed E-state index contributed by atoms with van der Waals surface area (Å²) in [6, 6.07) is 11.9. The van der Waals surface area contributed by atoms with Crippen LogP contribution in [0.5, 0.6) is 0 Å². The molecule has 3 nitrogen and oxygen atoms in total. The van der Waals surface area contributed by atoms with Gasteiger partial charge in [0.1, 0.15) is 0 Å². The summed E-state index contributed by atoms with van der Waals surface area (Å²) >= 11 is 0. The molecule has 3 heteroatoms. The van der Waals surface area contributed by atoms with Crippen molar-refractivity contribution < 1.29 is 9.90 Å². The van der Waals surface area contributed by atoms with Gasteiger partial charge in [-0.25, -0.2) is 4.79 Å². The molecule has 0 aliphatic heterocycles. The highest BCUT2D eigenvalue weighted by molar-refractivity contribution is 6.14. The Kier molecular flexibility index (Phi) is 2.17. The molecule has 2 aromatic carbocycles. The Morgan fingerprint density at radius 3 is 2.56 bits per heavy atom. The van der Waals surface area contributed by atoms with E-state index in [1.54, 1.807) is 0 Å². The highest BCUT2D eigenvalue weighted by Gasteiger charge is 2.18. The highest BCUT2D eigenvalue weighted by Crippen LogP contribution is 2.31. The minimum Gasteiger partial charge on any atom is -0.478 e. The van der Waals surface area contributed by atoms with E-state index in [4.69, 9.17) is 0 Å². The third kappa shape index (κ3) is 1.27. The second-order valence-corrected chi connectivity index (χ2v) is 4.51. The lowest BCUT2D eigenvalue weighted by molar-refractivity contribution is 0.0698. The van der Waals surface area contributed by atoms with Crippen molar-refractivity contribution in [1.82, 2.24) is 4.57 Å². The fourth-order valence-electron chi connectivity index (χ4n) is 2.62. The Hall–Kier alpha value is -2.29. The van der Waals surface area contributed by atoms with Gasteiger partial charge >= 0.3 is 5.97 Å². The van der Waals surface area contributed by atoms with Gasteiger partial charge in [-0.3, -0.25) is 0 Å². The van der Waals surface area contributed by atoms with E-state index >= 15 is 0 Å². The molecule has 0 amide bonds. The van der Waals surface area contributed by atoms with Crippen LogP contribution < -0.4 is 0 Å². The van der Waals surface area contributed by atoms with Crippen LogP contribution in [0.1, 0.15) is 16.1 Å². The van der Waals surface area contributed by atoms with E-state index in [0.29, 0.717) is 5.56 Å². The smallest absolute Gasteiger partial charge is 0.338 e. The zero-order valence-corrected chi connectivity index (χ0v) is 10.3. The third-order valence-corrected chi connectivity index (χ3v) is 3.58. The SMILES string of the molecule is Cc1c(C(=O)O)c2ccc3ccccc3c2n1C. The lowest BCUT2D eigenvalue weighted by Gasteiger charge is -2.03. The molecule has 90 valence electrons. The summed E-state index contributed by atoms with van der Waals surface area (Å²) in [5.74, 6) is -0.867. The summed E-state index contributed by atoms with van der Waals surface area (Å²) in [6.07, 6.45) is 0. The van der Waals surface area contributed by atoms with Crippen LogP contribution in [0.2, 0.25) is 0 Å². The molecule has 1 N–H and O–H groups in total. The van der Waals surface area contributed by atoms with Gasteiger partial charge in [-0.1, -0.05) is 36.4 Å². The normalized spacial score (nSPS) is 11.2. The fourth-order valence-corrected chi connectivity index (χ4v) is 2.62. The number of rotatable bonds is 1. The van der Waals surface area contributed by atoms with Crippen molar-refractivity contribution in [2.75, 3.05) is 0 Å². The molecule has 1 aromatic heterocycles. The quantitative estimate of drug-likeness (QED) is 0.707. The van der Waals surface area contributed by atoms with Crippen LogP contribution in [-0.2, 0) is 7.05 Å². The molecular formula is C15H13NO2. The number of hydrogen-bond donors (Lipinski definition) is 1. The van der Waals surface area contributed by atoms with Crippen molar-refractivity contribution in [1.29, 1.82) is 0 Å². The van der Waals surface area contributed by atoms with Gasteiger partial charge in [-0.2, -0.15) is 0 Å². The fraction of sp³-hybridized carbons (Fsp3) is 0.133. The molecular weight excluding hydrogens is 226 g/mol. The summed E-state index contributed by atoms with van der Waals surface area (Å²) in [5, 5.41) is 12.4. The number of aromatic nitrogens is 1. The highest BCUT2D eigenvalue weighted by atomic mass is 16.4. The van der Waals surface area contributed by atoms with Crippen LogP contribution in [0.4, 0.5) is 0 Å². The molecule has 3 rings (SSSR count). The van der Waals surface area contributed by atoms with Gasteiger partial charge in [0.15, 0.2) is 0 Å². The van der Waals surface area contributed by atoms with Crippen molar-refractivity contribution >= 4 is 27.6 Å². The number of fused-ring (bicyclic) bond motifs is 3. The summed E-state index contributed by atoms with van der Waals surface area (Å²) in [4.78, 5) is 11.4. The molecule has 0 aliphatic carbocycles. The average Bonchev–Trinajstić information content (AvgIpc) is 2.62. The monoisotopic (exact) mass is 239 g/mol. The Bertz CT molecular complexity index is 784. The van der Waals surface area contributed by atoms with E-state index in [9.17, 15) is 9.90 Å². The number of carboxylic acid groups (broad SMARTS) is 1. The lowest BCUT2D eigenvalue weighted by Crippen LogP contribution is -1.99. The lowest BCUT2D eigenvalue weighted by atomic mass is 10.1. The summed E-state index contributed by atoms with van der Waals surface area (Å²) in [6.45, 7) is 1.85. The second-order valence-electron chi connectivity index (χ2n) is 4.51. The standard InChI is InChI=1S/C15H13NO2/c1-9-13(15(17)18)12-8-7-10-5-3-4-6-11(10)14(12)16(9)2/h3-8H,1-2H3,(H,17,18). The molecule has 0 saturated heterocycles. The van der Waals surface area contributed by atoms with Crippen LogP contribution in [-0.4, -0.2) is 15.6 Å². The van der Waals surface area contributed by atoms with E-state index in [1.165, 1.54) is 0 Å². The molecule has 0 radical (unpaired) electrons. The Morgan fingerprint density at radius 1 is 1.11 bits per heavy atom. The minimum absolute atomic E-state index is 0.401. The van der Waals surface area contributed by atoms with E-state index in [2.05, 4.69) is 0 Å². The van der Waals surface area contributed by atoms with Crippen molar-refractivity contribution in [2.24, 2.45) is 7.05 Å². The van der Waals surface area contributed by atoms with E-state index in [1.807, 2.05) is 54.9 Å². The predicted molar refractivity (Wildman–Crippen MR) is 72.1 cm³/mol. The molecule has 18 heavy (non-hydrogen) atoms. The number of carbonyl (C=O) groups is 1. The van der Waals surface area contributed by atoms with Gasteiger partial charge in [0.05, 0.1) is 11.1 Å². The average molecular weight is 239 g/mol. The number of hydrogen-bond acceptors (Lipinski definition) is 1. The number of aryl methyl sites for hydroxylation is 1. The summed E-state index contributed by atoms with van der Waals surface area (Å²) in [7, 11) is 1.91. The maximum absolute atomic E-state index is 11.4. The largest absolute Gasteiger partial charge is 0.478 e. The number of carboxylic acids is 1. The number of aromatic carboxylic acids is 1. The molecule has 0 atom stereocenters. The molecule has 1 heterocycles. The first-order chi connectivity index (χ1) is 8.61. The Labute approximate surface area is 104 Å². The van der Waals surface area contributed by atoms with E-state index in [0.717, 1.165) is 27.4 Å². The number of benzene rings is 2. The van der Waals surface area contributed by atoms with Gasteiger partial charge in [-0.05, 0) is 12.3 Å². The maximum atomic E-state index is 11.4. The van der Waals surface area contributed by atoms with Gasteiger partial charge in [0.25, 0.3) is 0 Å². The van der Waals surface area contributed by atoms with Crippen molar-refractivity contribution in [2.45, 2.75) is 6.92 Å². The topological polar surface area (TPSA) is 42.2 Å². The summed E-state index contributed by atoms with van der Waals surface area (Å²) < 4.78 is 1.96. The Morgan fingerprint density at radius 2 is 1.83 bits per heavy atom. The predicted octanol–water partition coefficient (Wildman–Crippen LogP) is 3.34. The molecule has 0 bridgehead atoms. The van der Waals surface area contributed by atoms with Gasteiger partial charge in [0.2, 0.25) is 0 Å². The van der Waals surface area contributed by atoms with Gasteiger partial charge < -0.3 is 9.67 Å². The second kappa shape index (κ2) is 3.60. The first-order valence-corrected chi connectivity index (χ1v) is 5.81. The zero-order valence-electron chi connectivity index (χ0n) is 10.3. The maximum Gasteiger partial charge on any atom is 0.338 e. The molecule has 0 unspecified atom stereocenters. The molecule has 0 aliphatic rings. The molecule has 0 spiro atoms. The summed E-state index contributed by atoms with van der Waals surface area (Å²) in [5.41, 5.74) is 2.18. The first-order valence-electron chi connectivity index (χ1n) is 5.81. The zero-order chi connectivity index (χ0) is 12.9. The van der Waals surface area contributed by atoms with E-state index < -0.39 is 5.97 Å². The van der Waals surface area contributed by atoms with Gasteiger partial charge in [0, 0.05) is 23.5 Å². The van der Waals surface area contributed by atoms with Crippen molar-refractivity contribution in [3.63, 3.8) is 0 Å². The van der Waals surface area contributed by atoms with Crippen molar-refractivity contribution in [3.8, 4) is 0 Å². The number of nitrogens with zero attached hydrogens (tertiary/aromatic N) is 1. The van der Waals surface area contributed by atoms with Crippen molar-refractivity contribution in [3.05, 3.63) is 47.7 Å². The third-order valence-electron chi connectivity index (χ3n) is 3.58. The first kappa shape index (κ1) is 10.8. The molecule has 0 saturated carbocycles. The molecule has 0 fully saturated rings. The van der Waals surface area contributed by atoms with Crippen LogP contribution >= 0.6 is 0 Å². The van der Waals surface area contributed by atoms with Crippen LogP contribution in [0, 0.1) is 6.92 Å². The van der Waals surface area contributed by atoms with Crippen LogP contribution in [0.15, 0.2) is 36.4 Å². The minimum atomic E-state index is -0.867.